The molecule has 9 heteroatoms. The second kappa shape index (κ2) is 9.07. The fourth-order valence-electron chi connectivity index (χ4n) is 5.74. The summed E-state index contributed by atoms with van der Waals surface area (Å²) in [7, 11) is 2.13. The van der Waals surface area contributed by atoms with Crippen LogP contribution in [0.5, 0.6) is 0 Å². The van der Waals surface area contributed by atoms with E-state index in [1.807, 2.05) is 12.3 Å². The Kier molecular flexibility index (Phi) is 5.93. The molecule has 1 aromatic carbocycles. The van der Waals surface area contributed by atoms with E-state index in [1.165, 1.54) is 16.9 Å². The van der Waals surface area contributed by atoms with Crippen LogP contribution in [0.3, 0.4) is 0 Å². The molecule has 4 aliphatic heterocycles. The summed E-state index contributed by atoms with van der Waals surface area (Å²) < 4.78 is 8.01. The van der Waals surface area contributed by atoms with E-state index in [-0.39, 0.29) is 6.29 Å². The molecule has 0 saturated carbocycles. The third-order valence-electron chi connectivity index (χ3n) is 7.84. The molecule has 8 nitrogen and oxygen atoms in total. The Morgan fingerprint density at radius 1 is 1.06 bits per heavy atom. The number of rotatable bonds is 3. The van der Waals surface area contributed by atoms with E-state index in [9.17, 15) is 0 Å². The molecule has 2 saturated heterocycles. The molecule has 0 amide bonds. The van der Waals surface area contributed by atoms with Gasteiger partial charge in [0, 0.05) is 62.2 Å². The lowest BCUT2D eigenvalue weighted by molar-refractivity contribution is 0.0650. The zero-order valence-corrected chi connectivity index (χ0v) is 20.7. The van der Waals surface area contributed by atoms with E-state index in [2.05, 4.69) is 51.4 Å². The predicted octanol–water partition coefficient (Wildman–Crippen LogP) is 3.41. The molecule has 5 heterocycles. The summed E-state index contributed by atoms with van der Waals surface area (Å²) in [5, 5.41) is 10.2. The fraction of sp³-hybridized carbons (Fsp3) is 0.560. The van der Waals surface area contributed by atoms with Crippen molar-refractivity contribution in [3.05, 3.63) is 52.2 Å². The van der Waals surface area contributed by atoms with Crippen LogP contribution in [-0.2, 0) is 17.8 Å². The molecule has 1 unspecified atom stereocenters. The van der Waals surface area contributed by atoms with Crippen molar-refractivity contribution in [2.45, 2.75) is 57.5 Å². The van der Waals surface area contributed by atoms with Crippen LogP contribution in [0, 0.1) is 0 Å². The predicted molar refractivity (Wildman–Crippen MR) is 132 cm³/mol. The lowest BCUT2D eigenvalue weighted by Crippen LogP contribution is -2.49. The molecule has 4 aliphatic rings. The first-order chi connectivity index (χ1) is 16.6. The molecule has 2 aromatic rings. The molecule has 0 N–H and O–H groups in total. The second-order valence-corrected chi connectivity index (χ2v) is 10.3. The molecule has 34 heavy (non-hydrogen) atoms. The molecular formula is C25H32ClN7O. The third-order valence-corrected chi connectivity index (χ3v) is 8.07. The number of allylic oxidation sites excluding steroid dienone is 2. The van der Waals surface area contributed by atoms with Crippen LogP contribution in [0.2, 0.25) is 5.02 Å². The number of hydrogen-bond acceptors (Lipinski definition) is 7. The van der Waals surface area contributed by atoms with E-state index in [4.69, 9.17) is 31.5 Å². The molecule has 0 bridgehead atoms. The highest BCUT2D eigenvalue weighted by Crippen LogP contribution is 2.35. The van der Waals surface area contributed by atoms with Gasteiger partial charge in [0.1, 0.15) is 5.82 Å². The van der Waals surface area contributed by atoms with Gasteiger partial charge in [-0.1, -0.05) is 11.6 Å². The number of aliphatic imine (C=N–C) groups is 1. The normalized spacial score (nSPS) is 26.3. The summed E-state index contributed by atoms with van der Waals surface area (Å²) in [5.41, 5.74) is 3.65. The summed E-state index contributed by atoms with van der Waals surface area (Å²) in [6.45, 7) is 7.36. The highest BCUT2D eigenvalue weighted by molar-refractivity contribution is 6.30. The van der Waals surface area contributed by atoms with E-state index in [0.717, 1.165) is 75.3 Å². The van der Waals surface area contributed by atoms with Crippen molar-refractivity contribution >= 4 is 17.8 Å². The minimum Gasteiger partial charge on any atom is -0.380 e. The van der Waals surface area contributed by atoms with Crippen LogP contribution >= 0.6 is 11.6 Å². The van der Waals surface area contributed by atoms with Gasteiger partial charge in [0.15, 0.2) is 12.1 Å². The van der Waals surface area contributed by atoms with Crippen LogP contribution in [-0.4, -0.2) is 81.4 Å². The van der Waals surface area contributed by atoms with Crippen LogP contribution in [0.1, 0.15) is 49.3 Å². The van der Waals surface area contributed by atoms with Gasteiger partial charge in [-0.25, -0.2) is 0 Å². The molecule has 0 spiro atoms. The van der Waals surface area contributed by atoms with Gasteiger partial charge in [0.2, 0.25) is 0 Å². The number of benzene rings is 1. The van der Waals surface area contributed by atoms with Crippen molar-refractivity contribution < 1.29 is 4.74 Å². The minimum absolute atomic E-state index is 0.0894. The van der Waals surface area contributed by atoms with Crippen molar-refractivity contribution in [3.63, 3.8) is 0 Å². The van der Waals surface area contributed by atoms with Crippen LogP contribution < -0.4 is 0 Å². The Hall–Kier alpha value is -2.26. The lowest BCUT2D eigenvalue weighted by Gasteiger charge is -2.41. The van der Waals surface area contributed by atoms with Gasteiger partial charge in [-0.2, -0.15) is 0 Å². The highest BCUT2D eigenvalue weighted by atomic mass is 35.5. The zero-order valence-electron chi connectivity index (χ0n) is 19.9. The summed E-state index contributed by atoms with van der Waals surface area (Å²) >= 11 is 6.43. The van der Waals surface area contributed by atoms with Gasteiger partial charge in [0.05, 0.1) is 18.8 Å². The maximum Gasteiger partial charge on any atom is 0.178 e. The molecule has 2 atom stereocenters. The van der Waals surface area contributed by atoms with E-state index in [0.29, 0.717) is 12.0 Å². The number of aromatic nitrogens is 3. The van der Waals surface area contributed by atoms with Crippen LogP contribution in [0.15, 0.2) is 35.0 Å². The Balaban J connectivity index is 1.27. The Labute approximate surface area is 205 Å². The number of fused-ring (bicyclic) bond motifs is 3. The van der Waals surface area contributed by atoms with E-state index < -0.39 is 0 Å². The van der Waals surface area contributed by atoms with E-state index in [1.54, 1.807) is 0 Å². The Bertz CT molecular complexity index is 1110. The monoisotopic (exact) mass is 481 g/mol. The first-order valence-corrected chi connectivity index (χ1v) is 12.7. The third kappa shape index (κ3) is 3.96. The lowest BCUT2D eigenvalue weighted by atomic mass is 9.95. The Morgan fingerprint density at radius 2 is 1.91 bits per heavy atom. The van der Waals surface area contributed by atoms with Gasteiger partial charge in [-0.3, -0.25) is 19.4 Å². The molecule has 0 radical (unpaired) electrons. The number of likely N-dealkylation sites (tertiary alicyclic amines) is 1. The van der Waals surface area contributed by atoms with Crippen molar-refractivity contribution in [2.75, 3.05) is 33.4 Å². The summed E-state index contributed by atoms with van der Waals surface area (Å²) in [6, 6.07) is 6.64. The number of hydrogen-bond donors (Lipinski definition) is 0. The number of halogens is 1. The molecule has 2 fully saturated rings. The average Bonchev–Trinajstić information content (AvgIpc) is 3.49. The molecule has 180 valence electrons. The molecule has 6 rings (SSSR count). The first-order valence-electron chi connectivity index (χ1n) is 12.3. The standard InChI is InChI=1S/C25H32ClN7O/c1-17-5-9-27-25(30(17)2)31-10-6-18(7-11-31)24-29-28-23-15-32(21-8-12-34-16-21)14-19-13-20(26)3-4-22(19)33(23)24/h3-5,9,13,18,21,25H,6-8,10-12,14-16H2,1-2H3/t21-,25?/m0/s1. The largest absolute Gasteiger partial charge is 0.380 e. The fourth-order valence-corrected chi connectivity index (χ4v) is 5.93. The maximum atomic E-state index is 6.43. The van der Waals surface area contributed by atoms with Crippen LogP contribution in [0.4, 0.5) is 0 Å². The quantitative estimate of drug-likeness (QED) is 0.669. The van der Waals surface area contributed by atoms with Crippen LogP contribution in [0.25, 0.3) is 5.69 Å². The molecular weight excluding hydrogens is 450 g/mol. The summed E-state index contributed by atoms with van der Waals surface area (Å²) in [6.07, 6.45) is 7.25. The second-order valence-electron chi connectivity index (χ2n) is 9.88. The van der Waals surface area contributed by atoms with Gasteiger partial charge in [-0.15, -0.1) is 10.2 Å². The first kappa shape index (κ1) is 22.2. The van der Waals surface area contributed by atoms with Gasteiger partial charge >= 0.3 is 0 Å². The number of nitrogens with zero attached hydrogens (tertiary/aromatic N) is 7. The highest BCUT2D eigenvalue weighted by Gasteiger charge is 2.34. The SMILES string of the molecule is CC1=CC=NC(N2CCC(c3nnc4n3-c3ccc(Cl)cc3CN([C@H]3CCOC3)C4)CC2)N1C. The Morgan fingerprint density at radius 3 is 2.71 bits per heavy atom. The topological polar surface area (TPSA) is 62.0 Å². The zero-order chi connectivity index (χ0) is 23.2. The molecule has 1 aromatic heterocycles. The van der Waals surface area contributed by atoms with E-state index >= 15 is 0 Å². The summed E-state index contributed by atoms with van der Waals surface area (Å²) in [4.78, 5) is 11.9. The average molecular weight is 482 g/mol. The van der Waals surface area contributed by atoms with Gasteiger partial charge in [0.25, 0.3) is 0 Å². The smallest absolute Gasteiger partial charge is 0.178 e. The minimum atomic E-state index is 0.0894. The van der Waals surface area contributed by atoms with Crippen molar-refractivity contribution in [2.24, 2.45) is 4.99 Å². The molecule has 0 aliphatic carbocycles. The van der Waals surface area contributed by atoms with Crippen molar-refractivity contribution in [3.8, 4) is 5.69 Å². The summed E-state index contributed by atoms with van der Waals surface area (Å²) in [5.74, 6) is 2.47. The number of piperidine rings is 1. The van der Waals surface area contributed by atoms with Crippen molar-refractivity contribution in [1.29, 1.82) is 0 Å². The maximum absolute atomic E-state index is 6.43. The van der Waals surface area contributed by atoms with Crippen molar-refractivity contribution in [1.82, 2.24) is 29.5 Å². The number of ether oxygens (including phenoxy) is 1. The van der Waals surface area contributed by atoms with Gasteiger partial charge in [-0.05, 0) is 56.0 Å². The van der Waals surface area contributed by atoms with Gasteiger partial charge < -0.3 is 9.64 Å².